The van der Waals surface area contributed by atoms with E-state index >= 15 is 0 Å². The highest BCUT2D eigenvalue weighted by Gasteiger charge is 2.04. The van der Waals surface area contributed by atoms with Crippen LogP contribution in [0.25, 0.3) is 11.0 Å². The van der Waals surface area contributed by atoms with Crippen molar-refractivity contribution in [3.63, 3.8) is 0 Å². The van der Waals surface area contributed by atoms with Crippen LogP contribution >= 0.6 is 0 Å². The van der Waals surface area contributed by atoms with Gasteiger partial charge in [0.15, 0.2) is 5.82 Å². The summed E-state index contributed by atoms with van der Waals surface area (Å²) in [4.78, 5) is 16.0. The van der Waals surface area contributed by atoms with Gasteiger partial charge < -0.3 is 4.57 Å². The van der Waals surface area contributed by atoms with Crippen LogP contribution in [0.4, 0.5) is 4.39 Å². The molecule has 3 rings (SSSR count). The number of fused-ring (bicyclic) bond motifs is 1. The van der Waals surface area contributed by atoms with Gasteiger partial charge in [-0.05, 0) is 6.07 Å². The SMILES string of the molecule is Fc1cnc(Cn2cnc3cnccc32)nc1. The van der Waals surface area contributed by atoms with Crippen molar-refractivity contribution >= 4 is 11.0 Å². The molecule has 6 heteroatoms. The van der Waals surface area contributed by atoms with Crippen LogP contribution in [0.3, 0.4) is 0 Å². The second kappa shape index (κ2) is 3.89. The molecule has 84 valence electrons. The second-order valence-electron chi connectivity index (χ2n) is 3.55. The van der Waals surface area contributed by atoms with E-state index < -0.39 is 5.82 Å². The van der Waals surface area contributed by atoms with E-state index in [1.54, 1.807) is 18.7 Å². The van der Waals surface area contributed by atoms with Crippen LogP contribution < -0.4 is 0 Å². The normalized spacial score (nSPS) is 10.9. The Balaban J connectivity index is 1.97. The van der Waals surface area contributed by atoms with Crippen LogP contribution in [0.5, 0.6) is 0 Å². The zero-order chi connectivity index (χ0) is 11.7. The minimum absolute atomic E-state index is 0.437. The lowest BCUT2D eigenvalue weighted by Crippen LogP contribution is -2.03. The molecule has 3 aromatic heterocycles. The monoisotopic (exact) mass is 229 g/mol. The van der Waals surface area contributed by atoms with Gasteiger partial charge in [-0.25, -0.2) is 19.3 Å². The van der Waals surface area contributed by atoms with Gasteiger partial charge in [-0.3, -0.25) is 4.98 Å². The molecule has 0 aromatic carbocycles. The Morgan fingerprint density at radius 1 is 1.12 bits per heavy atom. The minimum atomic E-state index is -0.437. The predicted molar refractivity (Wildman–Crippen MR) is 58.6 cm³/mol. The van der Waals surface area contributed by atoms with E-state index in [4.69, 9.17) is 0 Å². The van der Waals surface area contributed by atoms with Crippen molar-refractivity contribution in [2.75, 3.05) is 0 Å². The van der Waals surface area contributed by atoms with Crippen LogP contribution in [-0.2, 0) is 6.54 Å². The fraction of sp³-hybridized carbons (Fsp3) is 0.0909. The summed E-state index contributed by atoms with van der Waals surface area (Å²) in [6, 6.07) is 1.87. The first-order valence-electron chi connectivity index (χ1n) is 5.04. The van der Waals surface area contributed by atoms with E-state index in [9.17, 15) is 4.39 Å². The zero-order valence-corrected chi connectivity index (χ0v) is 8.79. The van der Waals surface area contributed by atoms with Gasteiger partial charge in [0.1, 0.15) is 11.3 Å². The van der Waals surface area contributed by atoms with Gasteiger partial charge in [-0.1, -0.05) is 0 Å². The fourth-order valence-corrected chi connectivity index (χ4v) is 1.61. The maximum absolute atomic E-state index is 12.7. The highest BCUT2D eigenvalue weighted by Crippen LogP contribution is 2.11. The number of nitrogens with zero attached hydrogens (tertiary/aromatic N) is 5. The molecule has 17 heavy (non-hydrogen) atoms. The molecule has 0 amide bonds. The highest BCUT2D eigenvalue weighted by molar-refractivity contribution is 5.73. The number of imidazole rings is 1. The molecule has 3 heterocycles. The molecular weight excluding hydrogens is 221 g/mol. The smallest absolute Gasteiger partial charge is 0.159 e. The Bertz CT molecular complexity index is 646. The maximum Gasteiger partial charge on any atom is 0.159 e. The Morgan fingerprint density at radius 3 is 2.76 bits per heavy atom. The van der Waals surface area contributed by atoms with Crippen LogP contribution in [0, 0.1) is 5.82 Å². The van der Waals surface area contributed by atoms with Crippen LogP contribution in [0.1, 0.15) is 5.82 Å². The summed E-state index contributed by atoms with van der Waals surface area (Å²) in [6.45, 7) is 0.459. The van der Waals surface area contributed by atoms with E-state index in [1.165, 1.54) is 0 Å². The van der Waals surface area contributed by atoms with Gasteiger partial charge in [0.2, 0.25) is 0 Å². The number of rotatable bonds is 2. The summed E-state index contributed by atoms with van der Waals surface area (Å²) in [5.74, 6) is 0.107. The van der Waals surface area contributed by atoms with Crippen LogP contribution in [0.2, 0.25) is 0 Å². The van der Waals surface area contributed by atoms with Crippen molar-refractivity contribution in [2.24, 2.45) is 0 Å². The zero-order valence-electron chi connectivity index (χ0n) is 8.79. The lowest BCUT2D eigenvalue weighted by atomic mass is 10.4. The van der Waals surface area contributed by atoms with Gasteiger partial charge in [0, 0.05) is 6.20 Å². The third-order valence-corrected chi connectivity index (χ3v) is 2.41. The molecule has 0 fully saturated rings. The van der Waals surface area contributed by atoms with E-state index in [1.807, 2.05) is 10.6 Å². The number of pyridine rings is 1. The molecule has 0 bridgehead atoms. The van der Waals surface area contributed by atoms with E-state index in [0.29, 0.717) is 12.4 Å². The van der Waals surface area contributed by atoms with Gasteiger partial charge in [-0.2, -0.15) is 0 Å². The first-order valence-corrected chi connectivity index (χ1v) is 5.04. The maximum atomic E-state index is 12.7. The largest absolute Gasteiger partial charge is 0.323 e. The van der Waals surface area contributed by atoms with Crippen LogP contribution in [-0.4, -0.2) is 24.5 Å². The van der Waals surface area contributed by atoms with Crippen molar-refractivity contribution in [1.29, 1.82) is 0 Å². The molecular formula is C11H8FN5. The molecule has 0 radical (unpaired) electrons. The standard InChI is InChI=1S/C11H8FN5/c12-8-3-14-11(15-4-8)6-17-7-16-9-5-13-2-1-10(9)17/h1-5,7H,6H2. The van der Waals surface area contributed by atoms with Gasteiger partial charge in [-0.15, -0.1) is 0 Å². The quantitative estimate of drug-likeness (QED) is 0.666. The number of aromatic nitrogens is 5. The molecule has 0 spiro atoms. The summed E-state index contributed by atoms with van der Waals surface area (Å²) in [6.07, 6.45) is 7.40. The van der Waals surface area contributed by atoms with Crippen LogP contribution in [0.15, 0.2) is 37.2 Å². The lowest BCUT2D eigenvalue weighted by Gasteiger charge is -2.02. The summed E-state index contributed by atoms with van der Waals surface area (Å²) < 4.78 is 14.6. The molecule has 0 aliphatic heterocycles. The molecule has 0 saturated carbocycles. The van der Waals surface area contributed by atoms with Gasteiger partial charge >= 0.3 is 0 Å². The van der Waals surface area contributed by atoms with Crippen molar-refractivity contribution in [3.8, 4) is 0 Å². The average Bonchev–Trinajstić information content (AvgIpc) is 2.76. The molecule has 0 unspecified atom stereocenters. The van der Waals surface area contributed by atoms with Crippen molar-refractivity contribution < 1.29 is 4.39 Å². The van der Waals surface area contributed by atoms with E-state index in [0.717, 1.165) is 23.4 Å². The molecule has 5 nitrogen and oxygen atoms in total. The third-order valence-electron chi connectivity index (χ3n) is 2.41. The lowest BCUT2D eigenvalue weighted by molar-refractivity contribution is 0.605. The molecule has 0 N–H and O–H groups in total. The third kappa shape index (κ3) is 1.84. The Labute approximate surface area is 96.0 Å². The second-order valence-corrected chi connectivity index (χ2v) is 3.55. The topological polar surface area (TPSA) is 56.5 Å². The predicted octanol–water partition coefficient (Wildman–Crippen LogP) is 1.41. The Hall–Kier alpha value is -2.37. The summed E-state index contributed by atoms with van der Waals surface area (Å²) in [5, 5.41) is 0. The summed E-state index contributed by atoms with van der Waals surface area (Å²) in [7, 11) is 0. The van der Waals surface area contributed by atoms with Crippen molar-refractivity contribution in [2.45, 2.75) is 6.54 Å². The molecule has 0 aliphatic rings. The molecule has 0 aliphatic carbocycles. The van der Waals surface area contributed by atoms with Gasteiger partial charge in [0.25, 0.3) is 0 Å². The van der Waals surface area contributed by atoms with Crippen molar-refractivity contribution in [3.05, 3.63) is 48.8 Å². The summed E-state index contributed by atoms with van der Waals surface area (Å²) >= 11 is 0. The summed E-state index contributed by atoms with van der Waals surface area (Å²) in [5.41, 5.74) is 1.77. The van der Waals surface area contributed by atoms with Crippen molar-refractivity contribution in [1.82, 2.24) is 24.5 Å². The fourth-order valence-electron chi connectivity index (χ4n) is 1.61. The Morgan fingerprint density at radius 2 is 1.94 bits per heavy atom. The number of hydrogen-bond donors (Lipinski definition) is 0. The van der Waals surface area contributed by atoms with E-state index in [2.05, 4.69) is 19.9 Å². The molecule has 3 aromatic rings. The first-order chi connectivity index (χ1) is 8.33. The number of halogens is 1. The van der Waals surface area contributed by atoms with E-state index in [-0.39, 0.29) is 0 Å². The molecule has 0 atom stereocenters. The first kappa shape index (κ1) is 9.83. The number of hydrogen-bond acceptors (Lipinski definition) is 4. The van der Waals surface area contributed by atoms with Gasteiger partial charge in [0.05, 0.1) is 37.0 Å². The Kier molecular flexibility index (Phi) is 2.25. The highest BCUT2D eigenvalue weighted by atomic mass is 19.1. The minimum Gasteiger partial charge on any atom is -0.323 e. The molecule has 0 saturated heterocycles. The average molecular weight is 229 g/mol.